The van der Waals surface area contributed by atoms with Crippen LogP contribution >= 0.6 is 0 Å². The van der Waals surface area contributed by atoms with Gasteiger partial charge < -0.3 is 15.7 Å². The molecule has 1 amide bonds. The van der Waals surface area contributed by atoms with Crippen LogP contribution in [0.4, 0.5) is 0 Å². The van der Waals surface area contributed by atoms with E-state index in [9.17, 15) is 9.90 Å². The number of aliphatic hydroxyl groups is 1. The van der Waals surface area contributed by atoms with Gasteiger partial charge in [-0.1, -0.05) is 30.3 Å². The summed E-state index contributed by atoms with van der Waals surface area (Å²) in [6, 6.07) is 9.60. The van der Waals surface area contributed by atoms with Gasteiger partial charge in [0.15, 0.2) is 0 Å². The molecular weight excluding hydrogens is 228 g/mol. The number of carbonyl (C=O) groups excluding carboxylic acids is 1. The fourth-order valence-electron chi connectivity index (χ4n) is 2.44. The molecule has 0 aliphatic carbocycles. The Morgan fingerprint density at radius 3 is 2.78 bits per heavy atom. The first-order valence-corrected chi connectivity index (χ1v) is 6.44. The Morgan fingerprint density at radius 2 is 2.17 bits per heavy atom. The molecule has 0 bridgehead atoms. The fourth-order valence-corrected chi connectivity index (χ4v) is 2.44. The van der Waals surface area contributed by atoms with Crippen LogP contribution in [0.1, 0.15) is 24.3 Å². The summed E-state index contributed by atoms with van der Waals surface area (Å²) in [5.41, 5.74) is 6.69. The SMILES string of the molecule is NCC(C(=O)N1CCCC(O)C1)c1ccccc1. The predicted molar refractivity (Wildman–Crippen MR) is 70.1 cm³/mol. The number of rotatable bonds is 3. The first-order valence-electron chi connectivity index (χ1n) is 6.44. The van der Waals surface area contributed by atoms with Crippen LogP contribution in [0, 0.1) is 0 Å². The number of likely N-dealkylation sites (tertiary alicyclic amines) is 1. The van der Waals surface area contributed by atoms with Crippen LogP contribution in [0.3, 0.4) is 0 Å². The third kappa shape index (κ3) is 2.89. The lowest BCUT2D eigenvalue weighted by molar-refractivity contribution is -0.135. The molecule has 1 fully saturated rings. The maximum Gasteiger partial charge on any atom is 0.231 e. The number of carbonyl (C=O) groups is 1. The molecule has 1 saturated heterocycles. The topological polar surface area (TPSA) is 66.6 Å². The molecule has 1 aliphatic rings. The van der Waals surface area contributed by atoms with Gasteiger partial charge >= 0.3 is 0 Å². The number of amides is 1. The Bertz CT molecular complexity index is 394. The highest BCUT2D eigenvalue weighted by molar-refractivity contribution is 5.84. The van der Waals surface area contributed by atoms with Gasteiger partial charge in [0.1, 0.15) is 0 Å². The van der Waals surface area contributed by atoms with Gasteiger partial charge in [-0.2, -0.15) is 0 Å². The van der Waals surface area contributed by atoms with Gasteiger partial charge in [0.2, 0.25) is 5.91 Å². The van der Waals surface area contributed by atoms with E-state index in [4.69, 9.17) is 5.73 Å². The van der Waals surface area contributed by atoms with Crippen molar-refractivity contribution >= 4 is 5.91 Å². The molecule has 4 heteroatoms. The molecule has 2 atom stereocenters. The first-order chi connectivity index (χ1) is 8.72. The maximum absolute atomic E-state index is 12.4. The van der Waals surface area contributed by atoms with E-state index in [-0.39, 0.29) is 11.8 Å². The summed E-state index contributed by atoms with van der Waals surface area (Å²) in [7, 11) is 0. The second-order valence-electron chi connectivity index (χ2n) is 4.78. The molecule has 3 N–H and O–H groups in total. The number of hydrogen-bond acceptors (Lipinski definition) is 3. The Balaban J connectivity index is 2.10. The minimum atomic E-state index is -0.392. The largest absolute Gasteiger partial charge is 0.391 e. The summed E-state index contributed by atoms with van der Waals surface area (Å²) in [5, 5.41) is 9.63. The zero-order valence-electron chi connectivity index (χ0n) is 10.5. The van der Waals surface area contributed by atoms with E-state index in [0.717, 1.165) is 24.9 Å². The lowest BCUT2D eigenvalue weighted by Crippen LogP contribution is -2.45. The number of β-amino-alcohol motifs (C(OH)–C–C–N with tert-alkyl or cyclic N) is 1. The number of aliphatic hydroxyl groups excluding tert-OH is 1. The van der Waals surface area contributed by atoms with Crippen molar-refractivity contribution in [2.45, 2.75) is 24.9 Å². The van der Waals surface area contributed by atoms with Gasteiger partial charge in [0, 0.05) is 19.6 Å². The summed E-state index contributed by atoms with van der Waals surface area (Å²) >= 11 is 0. The third-order valence-corrected chi connectivity index (χ3v) is 3.44. The average molecular weight is 248 g/mol. The Hall–Kier alpha value is -1.39. The van der Waals surface area contributed by atoms with Crippen LogP contribution in [0.15, 0.2) is 30.3 Å². The summed E-state index contributed by atoms with van der Waals surface area (Å²) in [6.45, 7) is 1.46. The van der Waals surface area contributed by atoms with Crippen LogP contribution in [-0.4, -0.2) is 41.7 Å². The van der Waals surface area contributed by atoms with Crippen molar-refractivity contribution in [1.29, 1.82) is 0 Å². The molecule has 0 radical (unpaired) electrons. The van der Waals surface area contributed by atoms with Crippen molar-refractivity contribution in [3.05, 3.63) is 35.9 Å². The van der Waals surface area contributed by atoms with Gasteiger partial charge in [0.25, 0.3) is 0 Å². The van der Waals surface area contributed by atoms with Crippen molar-refractivity contribution in [1.82, 2.24) is 4.90 Å². The summed E-state index contributed by atoms with van der Waals surface area (Å²) in [4.78, 5) is 14.1. The zero-order chi connectivity index (χ0) is 13.0. The van der Waals surface area contributed by atoms with Crippen LogP contribution in [0.25, 0.3) is 0 Å². The second-order valence-corrected chi connectivity index (χ2v) is 4.78. The van der Waals surface area contributed by atoms with Crippen molar-refractivity contribution in [2.75, 3.05) is 19.6 Å². The number of piperidine rings is 1. The molecule has 0 saturated carbocycles. The van der Waals surface area contributed by atoms with Crippen molar-refractivity contribution < 1.29 is 9.90 Å². The molecule has 0 spiro atoms. The molecule has 0 aromatic heterocycles. The first kappa shape index (κ1) is 13.1. The molecule has 98 valence electrons. The smallest absolute Gasteiger partial charge is 0.231 e. The van der Waals surface area contributed by atoms with E-state index in [2.05, 4.69) is 0 Å². The van der Waals surface area contributed by atoms with Crippen molar-refractivity contribution in [2.24, 2.45) is 5.73 Å². The van der Waals surface area contributed by atoms with Crippen LogP contribution in [0.2, 0.25) is 0 Å². The number of hydrogen-bond donors (Lipinski definition) is 2. The molecule has 4 nitrogen and oxygen atoms in total. The van der Waals surface area contributed by atoms with E-state index in [1.165, 1.54) is 0 Å². The molecule has 1 aliphatic heterocycles. The Kier molecular flexibility index (Phi) is 4.33. The van der Waals surface area contributed by atoms with Crippen LogP contribution in [0.5, 0.6) is 0 Å². The molecule has 18 heavy (non-hydrogen) atoms. The van der Waals surface area contributed by atoms with E-state index in [1.807, 2.05) is 30.3 Å². The van der Waals surface area contributed by atoms with Crippen LogP contribution in [-0.2, 0) is 4.79 Å². The molecule has 1 aromatic rings. The number of nitrogens with two attached hydrogens (primary N) is 1. The molecule has 2 rings (SSSR count). The molecule has 1 aromatic carbocycles. The Morgan fingerprint density at radius 1 is 1.44 bits per heavy atom. The highest BCUT2D eigenvalue weighted by Gasteiger charge is 2.28. The van der Waals surface area contributed by atoms with Crippen molar-refractivity contribution in [3.8, 4) is 0 Å². The van der Waals surface area contributed by atoms with E-state index >= 15 is 0 Å². The molecule has 1 heterocycles. The zero-order valence-corrected chi connectivity index (χ0v) is 10.5. The third-order valence-electron chi connectivity index (χ3n) is 3.44. The summed E-state index contributed by atoms with van der Waals surface area (Å²) in [5.74, 6) is -0.265. The normalized spacial score (nSPS) is 21.7. The average Bonchev–Trinajstić information content (AvgIpc) is 2.41. The Labute approximate surface area is 107 Å². The predicted octanol–water partition coefficient (Wildman–Crippen LogP) is 0.712. The number of nitrogens with zero attached hydrogens (tertiary/aromatic N) is 1. The summed E-state index contributed by atoms with van der Waals surface area (Å²) < 4.78 is 0. The standard InChI is InChI=1S/C14H20N2O2/c15-9-13(11-5-2-1-3-6-11)14(18)16-8-4-7-12(17)10-16/h1-3,5-6,12-13,17H,4,7-10,15H2. The van der Waals surface area contributed by atoms with Crippen molar-refractivity contribution in [3.63, 3.8) is 0 Å². The quantitative estimate of drug-likeness (QED) is 0.828. The van der Waals surface area contributed by atoms with E-state index < -0.39 is 6.10 Å². The fraction of sp³-hybridized carbons (Fsp3) is 0.500. The lowest BCUT2D eigenvalue weighted by Gasteiger charge is -2.32. The lowest BCUT2D eigenvalue weighted by atomic mass is 9.96. The second kappa shape index (κ2) is 5.98. The molecular formula is C14H20N2O2. The van der Waals surface area contributed by atoms with E-state index in [0.29, 0.717) is 13.1 Å². The highest BCUT2D eigenvalue weighted by Crippen LogP contribution is 2.20. The van der Waals surface area contributed by atoms with Gasteiger partial charge in [-0.3, -0.25) is 4.79 Å². The van der Waals surface area contributed by atoms with Gasteiger partial charge in [-0.15, -0.1) is 0 Å². The van der Waals surface area contributed by atoms with Gasteiger partial charge in [0.05, 0.1) is 12.0 Å². The monoisotopic (exact) mass is 248 g/mol. The minimum absolute atomic E-state index is 0.0300. The highest BCUT2D eigenvalue weighted by atomic mass is 16.3. The minimum Gasteiger partial charge on any atom is -0.391 e. The number of benzene rings is 1. The van der Waals surface area contributed by atoms with Gasteiger partial charge in [-0.05, 0) is 18.4 Å². The summed E-state index contributed by atoms with van der Waals surface area (Å²) in [6.07, 6.45) is 1.25. The van der Waals surface area contributed by atoms with Gasteiger partial charge in [-0.25, -0.2) is 0 Å². The molecule has 2 unspecified atom stereocenters. The van der Waals surface area contributed by atoms with Crippen LogP contribution < -0.4 is 5.73 Å². The van der Waals surface area contributed by atoms with E-state index in [1.54, 1.807) is 4.90 Å². The maximum atomic E-state index is 12.4.